The largest absolute Gasteiger partial charge is 0.464 e. The van der Waals surface area contributed by atoms with E-state index in [1.54, 1.807) is 13.0 Å². The van der Waals surface area contributed by atoms with Crippen molar-refractivity contribution in [2.75, 3.05) is 12.4 Å². The van der Waals surface area contributed by atoms with Crippen LogP contribution in [-0.4, -0.2) is 24.0 Å². The molecule has 0 aliphatic rings. The highest BCUT2D eigenvalue weighted by molar-refractivity contribution is 6.36. The van der Waals surface area contributed by atoms with Crippen molar-refractivity contribution in [3.8, 4) is 0 Å². The van der Waals surface area contributed by atoms with Gasteiger partial charge in [0, 0.05) is 6.92 Å². The number of amides is 1. The summed E-state index contributed by atoms with van der Waals surface area (Å²) < 4.78 is 4.58. The van der Waals surface area contributed by atoms with Gasteiger partial charge in [0.05, 0.1) is 23.5 Å². The Morgan fingerprint density at radius 3 is 2.50 bits per heavy atom. The fraction of sp³-hybridized carbons (Fsp3) is 0.250. The van der Waals surface area contributed by atoms with Gasteiger partial charge >= 0.3 is 5.97 Å². The van der Waals surface area contributed by atoms with Crippen molar-refractivity contribution in [1.82, 2.24) is 4.98 Å². The maximum Gasteiger partial charge on any atom is 0.358 e. The Kier molecular flexibility index (Phi) is 4.44. The number of aromatic nitrogens is 1. The molecule has 0 aliphatic heterocycles. The van der Waals surface area contributed by atoms with Gasteiger partial charge in [0.2, 0.25) is 5.91 Å². The van der Waals surface area contributed by atoms with Crippen LogP contribution in [0.2, 0.25) is 5.02 Å². The van der Waals surface area contributed by atoms with E-state index in [1.807, 2.05) is 0 Å². The number of ether oxygens (including phenoxy) is 1. The lowest BCUT2D eigenvalue weighted by Crippen LogP contribution is -2.12. The average molecular weight is 269 g/mol. The van der Waals surface area contributed by atoms with Crippen LogP contribution in [0.15, 0.2) is 12.6 Å². The van der Waals surface area contributed by atoms with Gasteiger partial charge in [-0.1, -0.05) is 18.2 Å². The second-order valence-corrected chi connectivity index (χ2v) is 4.05. The first-order valence-electron chi connectivity index (χ1n) is 5.09. The summed E-state index contributed by atoms with van der Waals surface area (Å²) in [5, 5.41) is 2.57. The van der Waals surface area contributed by atoms with Crippen LogP contribution in [0.5, 0.6) is 0 Å². The lowest BCUT2D eigenvalue weighted by molar-refractivity contribution is -0.114. The van der Waals surface area contributed by atoms with Gasteiger partial charge < -0.3 is 10.1 Å². The van der Waals surface area contributed by atoms with E-state index in [1.165, 1.54) is 14.0 Å². The van der Waals surface area contributed by atoms with E-state index < -0.39 is 5.97 Å². The Balaban J connectivity index is 3.42. The minimum Gasteiger partial charge on any atom is -0.464 e. The second-order valence-electron chi connectivity index (χ2n) is 3.67. The van der Waals surface area contributed by atoms with Crippen LogP contribution < -0.4 is 5.32 Å². The van der Waals surface area contributed by atoms with Gasteiger partial charge in [-0.15, -0.1) is 0 Å². The third-order valence-corrected chi connectivity index (χ3v) is 2.47. The summed E-state index contributed by atoms with van der Waals surface area (Å²) in [6.07, 6.45) is 0. The number of methoxy groups -OCH3 is 1. The number of rotatable bonds is 3. The molecule has 0 fully saturated rings. The first-order valence-corrected chi connectivity index (χ1v) is 5.47. The molecule has 6 heteroatoms. The zero-order valence-corrected chi connectivity index (χ0v) is 11.1. The summed E-state index contributed by atoms with van der Waals surface area (Å²) in [5.41, 5.74) is 1.35. The highest BCUT2D eigenvalue weighted by Gasteiger charge is 2.18. The van der Waals surface area contributed by atoms with Crippen LogP contribution in [-0.2, 0) is 9.53 Å². The zero-order valence-electron chi connectivity index (χ0n) is 10.3. The first-order chi connectivity index (χ1) is 8.36. The van der Waals surface area contributed by atoms with Crippen LogP contribution in [0, 0.1) is 0 Å². The number of nitrogens with zero attached hydrogens (tertiary/aromatic N) is 1. The number of esters is 1. The van der Waals surface area contributed by atoms with E-state index in [4.69, 9.17) is 11.6 Å². The minimum atomic E-state index is -0.672. The van der Waals surface area contributed by atoms with E-state index >= 15 is 0 Å². The van der Waals surface area contributed by atoms with Crippen LogP contribution in [0.4, 0.5) is 5.69 Å². The highest BCUT2D eigenvalue weighted by atomic mass is 35.5. The van der Waals surface area contributed by atoms with E-state index in [0.29, 0.717) is 17.0 Å². The predicted molar refractivity (Wildman–Crippen MR) is 69.6 cm³/mol. The Hall–Kier alpha value is -1.88. The lowest BCUT2D eigenvalue weighted by atomic mass is 10.2. The van der Waals surface area contributed by atoms with Gasteiger partial charge in [-0.25, -0.2) is 9.78 Å². The van der Waals surface area contributed by atoms with Crippen LogP contribution in [0.25, 0.3) is 5.57 Å². The molecule has 0 aliphatic carbocycles. The molecule has 96 valence electrons. The summed E-state index contributed by atoms with van der Waals surface area (Å²) in [5.74, 6) is -0.971. The fourth-order valence-corrected chi connectivity index (χ4v) is 1.48. The van der Waals surface area contributed by atoms with Gasteiger partial charge in [0.1, 0.15) is 0 Å². The van der Waals surface area contributed by atoms with Gasteiger partial charge in [-0.05, 0) is 18.6 Å². The summed E-state index contributed by atoms with van der Waals surface area (Å²) in [6.45, 7) is 6.80. The Morgan fingerprint density at radius 1 is 1.44 bits per heavy atom. The standard InChI is InChI=1S/C12H13ClN2O3/c1-6(2)8-5-9(14-7(3)16)10(13)11(15-8)12(17)18-4/h5H,1H2,2-4H3,(H,14,15,16). The van der Waals surface area contributed by atoms with Crippen molar-refractivity contribution in [2.45, 2.75) is 13.8 Å². The van der Waals surface area contributed by atoms with Crippen LogP contribution in [0.3, 0.4) is 0 Å². The molecule has 5 nitrogen and oxygen atoms in total. The molecule has 1 N–H and O–H groups in total. The van der Waals surface area contributed by atoms with E-state index in [2.05, 4.69) is 21.6 Å². The molecule has 0 bridgehead atoms. The molecule has 1 amide bonds. The van der Waals surface area contributed by atoms with Gasteiger partial charge in [-0.2, -0.15) is 0 Å². The van der Waals surface area contributed by atoms with Crippen molar-refractivity contribution in [1.29, 1.82) is 0 Å². The highest BCUT2D eigenvalue weighted by Crippen LogP contribution is 2.28. The Morgan fingerprint density at radius 2 is 2.06 bits per heavy atom. The first kappa shape index (κ1) is 14.2. The lowest BCUT2D eigenvalue weighted by Gasteiger charge is -2.11. The molecular weight excluding hydrogens is 256 g/mol. The van der Waals surface area contributed by atoms with Crippen LogP contribution >= 0.6 is 11.6 Å². The van der Waals surface area contributed by atoms with Gasteiger partial charge in [-0.3, -0.25) is 4.79 Å². The number of hydrogen-bond acceptors (Lipinski definition) is 4. The summed E-state index contributed by atoms with van der Waals surface area (Å²) in [4.78, 5) is 26.7. The normalized spacial score (nSPS) is 9.78. The quantitative estimate of drug-likeness (QED) is 0.855. The molecule has 0 radical (unpaired) electrons. The van der Waals surface area contributed by atoms with E-state index in [9.17, 15) is 9.59 Å². The monoisotopic (exact) mass is 268 g/mol. The number of halogens is 1. The second kappa shape index (κ2) is 5.64. The smallest absolute Gasteiger partial charge is 0.358 e. The molecule has 0 spiro atoms. The SMILES string of the molecule is C=C(C)c1cc(NC(C)=O)c(Cl)c(C(=O)OC)n1. The molecule has 0 unspecified atom stereocenters. The molecule has 1 heterocycles. The molecule has 1 aromatic heterocycles. The zero-order chi connectivity index (χ0) is 13.9. The summed E-state index contributed by atoms with van der Waals surface area (Å²) in [7, 11) is 1.23. The summed E-state index contributed by atoms with van der Waals surface area (Å²) >= 11 is 6.00. The van der Waals surface area contributed by atoms with E-state index in [-0.39, 0.29) is 16.6 Å². The number of allylic oxidation sites excluding steroid dienone is 1. The molecular formula is C12H13ClN2O3. The van der Waals surface area contributed by atoms with Crippen molar-refractivity contribution in [2.24, 2.45) is 0 Å². The number of pyridine rings is 1. The molecule has 0 atom stereocenters. The van der Waals surface area contributed by atoms with Gasteiger partial charge in [0.25, 0.3) is 0 Å². The molecule has 0 saturated carbocycles. The van der Waals surface area contributed by atoms with Crippen molar-refractivity contribution in [3.05, 3.63) is 29.1 Å². The third-order valence-electron chi connectivity index (χ3n) is 2.08. The van der Waals surface area contributed by atoms with Crippen molar-refractivity contribution in [3.63, 3.8) is 0 Å². The van der Waals surface area contributed by atoms with Crippen molar-refractivity contribution >= 4 is 34.7 Å². The third kappa shape index (κ3) is 3.07. The predicted octanol–water partition coefficient (Wildman–Crippen LogP) is 2.51. The number of nitrogens with one attached hydrogen (secondary N) is 1. The minimum absolute atomic E-state index is 0.0436. The molecule has 18 heavy (non-hydrogen) atoms. The van der Waals surface area contributed by atoms with Crippen molar-refractivity contribution < 1.29 is 14.3 Å². The molecule has 0 saturated heterocycles. The maximum absolute atomic E-state index is 11.5. The topological polar surface area (TPSA) is 68.3 Å². The van der Waals surface area contributed by atoms with E-state index in [0.717, 1.165) is 0 Å². The Labute approximate surface area is 110 Å². The number of hydrogen-bond donors (Lipinski definition) is 1. The Bertz CT molecular complexity index is 526. The fourth-order valence-electron chi connectivity index (χ4n) is 1.26. The average Bonchev–Trinajstić information content (AvgIpc) is 2.29. The van der Waals surface area contributed by atoms with Gasteiger partial charge in [0.15, 0.2) is 5.69 Å². The molecule has 0 aromatic carbocycles. The molecule has 1 rings (SSSR count). The number of carbonyl (C=O) groups is 2. The number of anilines is 1. The maximum atomic E-state index is 11.5. The summed E-state index contributed by atoms with van der Waals surface area (Å²) in [6, 6.07) is 1.55. The molecule has 1 aromatic rings. The van der Waals surface area contributed by atoms with Crippen LogP contribution in [0.1, 0.15) is 30.0 Å². The number of carbonyl (C=O) groups excluding carboxylic acids is 2.